The molecule has 0 aliphatic carbocycles. The van der Waals surface area contributed by atoms with Crippen LogP contribution in [0.2, 0.25) is 5.02 Å². The van der Waals surface area contributed by atoms with Crippen LogP contribution < -0.4 is 5.32 Å². The van der Waals surface area contributed by atoms with E-state index in [2.05, 4.69) is 5.32 Å². The molecular formula is C12H8ClF2N. The van der Waals surface area contributed by atoms with Crippen LogP contribution in [0.3, 0.4) is 0 Å². The van der Waals surface area contributed by atoms with Crippen LogP contribution in [0.1, 0.15) is 0 Å². The van der Waals surface area contributed by atoms with Gasteiger partial charge in [-0.3, -0.25) is 0 Å². The number of halogens is 3. The molecule has 0 saturated heterocycles. The van der Waals surface area contributed by atoms with E-state index in [1.165, 1.54) is 0 Å². The predicted molar refractivity (Wildman–Crippen MR) is 61.1 cm³/mol. The summed E-state index contributed by atoms with van der Waals surface area (Å²) in [5, 5.41) is 3.18. The second-order valence-electron chi connectivity index (χ2n) is 3.23. The lowest BCUT2D eigenvalue weighted by Crippen LogP contribution is -1.95. The summed E-state index contributed by atoms with van der Waals surface area (Å²) in [6.07, 6.45) is 0. The third-order valence-corrected chi connectivity index (χ3v) is 2.40. The minimum Gasteiger partial charge on any atom is -0.352 e. The monoisotopic (exact) mass is 239 g/mol. The molecule has 0 aliphatic heterocycles. The van der Waals surface area contributed by atoms with Crippen LogP contribution in [0.4, 0.5) is 20.2 Å². The molecule has 0 saturated carbocycles. The van der Waals surface area contributed by atoms with Crippen molar-refractivity contribution >= 4 is 23.0 Å². The summed E-state index contributed by atoms with van der Waals surface area (Å²) < 4.78 is 26.2. The zero-order valence-electron chi connectivity index (χ0n) is 8.18. The molecular weight excluding hydrogens is 232 g/mol. The molecule has 0 heterocycles. The Labute approximate surface area is 96.7 Å². The van der Waals surface area contributed by atoms with E-state index >= 15 is 0 Å². The van der Waals surface area contributed by atoms with Gasteiger partial charge in [-0.1, -0.05) is 23.7 Å². The molecule has 2 aromatic rings. The fourth-order valence-electron chi connectivity index (χ4n) is 1.30. The molecule has 16 heavy (non-hydrogen) atoms. The number of nitrogens with one attached hydrogen (secondary N) is 1. The van der Waals surface area contributed by atoms with Crippen molar-refractivity contribution in [2.45, 2.75) is 0 Å². The van der Waals surface area contributed by atoms with E-state index in [1.54, 1.807) is 24.3 Å². The highest BCUT2D eigenvalue weighted by Crippen LogP contribution is 2.26. The number of rotatable bonds is 2. The Hall–Kier alpha value is -1.61. The summed E-state index contributed by atoms with van der Waals surface area (Å²) in [6, 6.07) is 10.1. The van der Waals surface area contributed by atoms with Crippen LogP contribution in [-0.4, -0.2) is 0 Å². The Balaban J connectivity index is 2.34. The summed E-state index contributed by atoms with van der Waals surface area (Å²) in [5.41, 5.74) is 0.599. The van der Waals surface area contributed by atoms with Crippen LogP contribution in [0.5, 0.6) is 0 Å². The van der Waals surface area contributed by atoms with Gasteiger partial charge in [0.15, 0.2) is 0 Å². The van der Waals surface area contributed by atoms with Gasteiger partial charge in [-0.05, 0) is 24.3 Å². The Morgan fingerprint density at radius 1 is 0.938 bits per heavy atom. The van der Waals surface area contributed by atoms with Crippen molar-refractivity contribution in [1.82, 2.24) is 0 Å². The van der Waals surface area contributed by atoms with E-state index in [1.807, 2.05) is 0 Å². The molecule has 0 aromatic heterocycles. The van der Waals surface area contributed by atoms with Gasteiger partial charge in [0, 0.05) is 6.07 Å². The highest BCUT2D eigenvalue weighted by atomic mass is 35.5. The van der Waals surface area contributed by atoms with Gasteiger partial charge in [-0.15, -0.1) is 0 Å². The number of hydrogen-bond donors (Lipinski definition) is 1. The fraction of sp³-hybridized carbons (Fsp3) is 0. The second kappa shape index (κ2) is 4.49. The second-order valence-corrected chi connectivity index (χ2v) is 3.64. The minimum absolute atomic E-state index is 0.0631. The van der Waals surface area contributed by atoms with E-state index in [-0.39, 0.29) is 5.69 Å². The van der Waals surface area contributed by atoms with E-state index < -0.39 is 11.6 Å². The molecule has 4 heteroatoms. The number of para-hydroxylation sites is 1. The van der Waals surface area contributed by atoms with Crippen LogP contribution in [0, 0.1) is 11.6 Å². The molecule has 0 aliphatic rings. The molecule has 82 valence electrons. The fourth-order valence-corrected chi connectivity index (χ4v) is 1.48. The molecule has 0 amide bonds. The molecule has 1 nitrogen and oxygen atoms in total. The number of hydrogen-bond acceptors (Lipinski definition) is 1. The van der Waals surface area contributed by atoms with E-state index in [4.69, 9.17) is 11.6 Å². The molecule has 0 bridgehead atoms. The van der Waals surface area contributed by atoms with E-state index in [9.17, 15) is 8.78 Å². The summed E-state index contributed by atoms with van der Waals surface area (Å²) in [5.74, 6) is -1.03. The zero-order valence-corrected chi connectivity index (χ0v) is 8.93. The number of anilines is 2. The predicted octanol–water partition coefficient (Wildman–Crippen LogP) is 4.36. The third kappa shape index (κ3) is 2.31. The standard InChI is InChI=1S/C12H8ClF2N/c13-9-3-1-2-4-11(9)16-12-7-8(14)5-6-10(12)15/h1-7,16H. The van der Waals surface area contributed by atoms with Crippen molar-refractivity contribution in [3.63, 3.8) is 0 Å². The highest BCUT2D eigenvalue weighted by Gasteiger charge is 2.05. The largest absolute Gasteiger partial charge is 0.352 e. The quantitative estimate of drug-likeness (QED) is 0.821. The average Bonchev–Trinajstić information content (AvgIpc) is 2.27. The van der Waals surface area contributed by atoms with Gasteiger partial charge in [0.05, 0.1) is 16.4 Å². The van der Waals surface area contributed by atoms with Crippen LogP contribution in [0.25, 0.3) is 0 Å². The van der Waals surface area contributed by atoms with E-state index in [0.29, 0.717) is 10.7 Å². The first-order valence-corrected chi connectivity index (χ1v) is 5.01. The summed E-state index contributed by atoms with van der Waals surface area (Å²) in [6.45, 7) is 0. The van der Waals surface area contributed by atoms with Gasteiger partial charge in [0.2, 0.25) is 0 Å². The smallest absolute Gasteiger partial charge is 0.146 e. The molecule has 0 fully saturated rings. The van der Waals surface area contributed by atoms with Crippen LogP contribution in [0.15, 0.2) is 42.5 Å². The Morgan fingerprint density at radius 3 is 2.44 bits per heavy atom. The first-order chi connectivity index (χ1) is 7.66. The van der Waals surface area contributed by atoms with Gasteiger partial charge in [0.1, 0.15) is 11.6 Å². The first kappa shape index (κ1) is 10.9. The van der Waals surface area contributed by atoms with E-state index in [0.717, 1.165) is 18.2 Å². The van der Waals surface area contributed by atoms with Crippen molar-refractivity contribution < 1.29 is 8.78 Å². The van der Waals surface area contributed by atoms with Crippen molar-refractivity contribution in [1.29, 1.82) is 0 Å². The molecule has 1 N–H and O–H groups in total. The van der Waals surface area contributed by atoms with Crippen molar-refractivity contribution in [2.75, 3.05) is 5.32 Å². The maximum atomic E-state index is 13.3. The molecule has 0 radical (unpaired) electrons. The topological polar surface area (TPSA) is 12.0 Å². The highest BCUT2D eigenvalue weighted by molar-refractivity contribution is 6.33. The Bertz CT molecular complexity index is 514. The van der Waals surface area contributed by atoms with Crippen molar-refractivity contribution in [3.05, 3.63) is 59.1 Å². The summed E-state index contributed by atoms with van der Waals surface area (Å²) in [7, 11) is 0. The Kier molecular flexibility index (Phi) is 3.06. The molecule has 2 rings (SSSR count). The zero-order chi connectivity index (χ0) is 11.5. The lowest BCUT2D eigenvalue weighted by atomic mass is 10.2. The Morgan fingerprint density at radius 2 is 1.69 bits per heavy atom. The normalized spacial score (nSPS) is 10.2. The lowest BCUT2D eigenvalue weighted by Gasteiger charge is -2.08. The van der Waals surface area contributed by atoms with Gasteiger partial charge in [-0.2, -0.15) is 0 Å². The van der Waals surface area contributed by atoms with Crippen molar-refractivity contribution in [2.24, 2.45) is 0 Å². The van der Waals surface area contributed by atoms with Crippen LogP contribution >= 0.6 is 11.6 Å². The third-order valence-electron chi connectivity index (χ3n) is 2.07. The van der Waals surface area contributed by atoms with Crippen LogP contribution in [-0.2, 0) is 0 Å². The molecule has 0 unspecified atom stereocenters. The van der Waals surface area contributed by atoms with Crippen molar-refractivity contribution in [3.8, 4) is 0 Å². The van der Waals surface area contributed by atoms with Gasteiger partial charge in [0.25, 0.3) is 0 Å². The molecule has 0 atom stereocenters. The van der Waals surface area contributed by atoms with Gasteiger partial charge >= 0.3 is 0 Å². The lowest BCUT2D eigenvalue weighted by molar-refractivity contribution is 0.603. The van der Waals surface area contributed by atoms with Gasteiger partial charge in [-0.25, -0.2) is 8.78 Å². The average molecular weight is 240 g/mol. The minimum atomic E-state index is -0.527. The maximum absolute atomic E-state index is 13.3. The first-order valence-electron chi connectivity index (χ1n) is 4.63. The number of benzene rings is 2. The summed E-state index contributed by atoms with van der Waals surface area (Å²) >= 11 is 5.89. The molecule has 2 aromatic carbocycles. The SMILES string of the molecule is Fc1ccc(F)c(Nc2ccccc2Cl)c1. The maximum Gasteiger partial charge on any atom is 0.146 e. The summed E-state index contributed by atoms with van der Waals surface area (Å²) in [4.78, 5) is 0. The van der Waals surface area contributed by atoms with Gasteiger partial charge < -0.3 is 5.32 Å². The molecule has 0 spiro atoms.